The Kier molecular flexibility index (Phi) is 2.38. The Morgan fingerprint density at radius 1 is 1.33 bits per heavy atom. The van der Waals surface area contributed by atoms with Crippen LogP contribution < -0.4 is 11.1 Å². The van der Waals surface area contributed by atoms with E-state index in [0.717, 1.165) is 5.69 Å². The third kappa shape index (κ3) is 1.77. The van der Waals surface area contributed by atoms with Crippen LogP contribution >= 0.6 is 0 Å². The van der Waals surface area contributed by atoms with Crippen molar-refractivity contribution in [2.45, 2.75) is 19.4 Å². The van der Waals surface area contributed by atoms with Crippen molar-refractivity contribution in [3.8, 4) is 0 Å². The monoisotopic (exact) mass is 164 g/mol. The molecule has 0 unspecified atom stereocenters. The predicted molar refractivity (Wildman–Crippen MR) is 52.9 cm³/mol. The van der Waals surface area contributed by atoms with E-state index in [2.05, 4.69) is 25.2 Å². The van der Waals surface area contributed by atoms with Gasteiger partial charge in [0.1, 0.15) is 0 Å². The van der Waals surface area contributed by atoms with Crippen molar-refractivity contribution in [1.29, 1.82) is 0 Å². The Balaban J connectivity index is 3.03. The van der Waals surface area contributed by atoms with Gasteiger partial charge in [-0.15, -0.1) is 0 Å². The molecule has 0 atom stereocenters. The molecule has 2 nitrogen and oxygen atoms in total. The Morgan fingerprint density at radius 3 is 2.50 bits per heavy atom. The van der Waals surface area contributed by atoms with E-state index in [1.165, 1.54) is 5.56 Å². The zero-order valence-electron chi connectivity index (χ0n) is 7.89. The summed E-state index contributed by atoms with van der Waals surface area (Å²) in [7, 11) is 1.95. The Hall–Kier alpha value is -1.02. The van der Waals surface area contributed by atoms with E-state index in [1.54, 1.807) is 0 Å². The van der Waals surface area contributed by atoms with Gasteiger partial charge in [0, 0.05) is 11.2 Å². The first kappa shape index (κ1) is 9.07. The van der Waals surface area contributed by atoms with Gasteiger partial charge in [-0.25, -0.2) is 0 Å². The molecule has 0 bridgehead atoms. The molecule has 0 aromatic heterocycles. The molecule has 0 aliphatic rings. The van der Waals surface area contributed by atoms with Crippen LogP contribution in [0.15, 0.2) is 24.3 Å². The van der Waals surface area contributed by atoms with Gasteiger partial charge < -0.3 is 11.1 Å². The highest BCUT2D eigenvalue weighted by Gasteiger charge is 2.16. The molecule has 0 amide bonds. The Labute approximate surface area is 73.8 Å². The van der Waals surface area contributed by atoms with Gasteiger partial charge in [-0.3, -0.25) is 0 Å². The van der Waals surface area contributed by atoms with Crippen LogP contribution in [-0.4, -0.2) is 7.05 Å². The molecule has 66 valence electrons. The second kappa shape index (κ2) is 3.15. The average molecular weight is 164 g/mol. The average Bonchev–Trinajstić information content (AvgIpc) is 2.05. The van der Waals surface area contributed by atoms with Crippen molar-refractivity contribution >= 4 is 5.69 Å². The van der Waals surface area contributed by atoms with Gasteiger partial charge in [0.15, 0.2) is 0 Å². The summed E-state index contributed by atoms with van der Waals surface area (Å²) in [6.45, 7) is 4.25. The summed E-state index contributed by atoms with van der Waals surface area (Å²) in [4.78, 5) is 0. The summed E-state index contributed by atoms with van der Waals surface area (Å²) in [5, 5.41) is 3.23. The lowest BCUT2D eigenvalue weighted by Crippen LogP contribution is -2.33. The second-order valence-electron chi connectivity index (χ2n) is 3.50. The lowest BCUT2D eigenvalue weighted by atomic mass is 9.94. The first-order chi connectivity index (χ1) is 5.56. The molecule has 0 fully saturated rings. The minimum atomic E-state index is -0.00458. The van der Waals surface area contributed by atoms with E-state index in [4.69, 9.17) is 5.73 Å². The molecule has 2 heteroatoms. The number of rotatable bonds is 2. The number of benzene rings is 1. The van der Waals surface area contributed by atoms with E-state index in [9.17, 15) is 0 Å². The van der Waals surface area contributed by atoms with Crippen LogP contribution in [0, 0.1) is 0 Å². The van der Waals surface area contributed by atoms with Gasteiger partial charge in [-0.1, -0.05) is 12.1 Å². The molecule has 12 heavy (non-hydrogen) atoms. The first-order valence-corrected chi connectivity index (χ1v) is 4.11. The van der Waals surface area contributed by atoms with Crippen LogP contribution in [0.3, 0.4) is 0 Å². The summed E-state index contributed by atoms with van der Waals surface area (Å²) < 4.78 is 0. The number of hydrogen-bond donors (Lipinski definition) is 2. The number of nitrogens with two attached hydrogens (primary N) is 1. The number of hydrogen-bond acceptors (Lipinski definition) is 2. The fourth-order valence-corrected chi connectivity index (χ4v) is 1.07. The Bertz CT molecular complexity index is 266. The van der Waals surface area contributed by atoms with Gasteiger partial charge in [0.25, 0.3) is 0 Å². The number of anilines is 1. The quantitative estimate of drug-likeness (QED) is 0.653. The van der Waals surface area contributed by atoms with Crippen molar-refractivity contribution in [1.82, 2.24) is 5.32 Å². The van der Waals surface area contributed by atoms with Gasteiger partial charge in [-0.2, -0.15) is 0 Å². The SMILES string of the molecule is CNC(C)(C)c1cccc(N)c1. The highest BCUT2D eigenvalue weighted by molar-refractivity contribution is 5.42. The maximum Gasteiger partial charge on any atom is 0.0375 e. The minimum Gasteiger partial charge on any atom is -0.399 e. The van der Waals surface area contributed by atoms with Gasteiger partial charge in [-0.05, 0) is 38.6 Å². The van der Waals surface area contributed by atoms with Crippen LogP contribution in [0.2, 0.25) is 0 Å². The summed E-state index contributed by atoms with van der Waals surface area (Å²) in [6, 6.07) is 7.95. The van der Waals surface area contributed by atoms with Crippen molar-refractivity contribution in [2.24, 2.45) is 0 Å². The summed E-state index contributed by atoms with van der Waals surface area (Å²) in [5.74, 6) is 0. The summed E-state index contributed by atoms with van der Waals surface area (Å²) in [6.07, 6.45) is 0. The van der Waals surface area contributed by atoms with Gasteiger partial charge in [0.05, 0.1) is 0 Å². The fraction of sp³-hybridized carbons (Fsp3) is 0.400. The molecule has 0 aliphatic heterocycles. The van der Waals surface area contributed by atoms with Crippen LogP contribution in [0.4, 0.5) is 5.69 Å². The van der Waals surface area contributed by atoms with Crippen LogP contribution in [0.1, 0.15) is 19.4 Å². The molecule has 1 aromatic carbocycles. The molecule has 0 saturated heterocycles. The van der Waals surface area contributed by atoms with Gasteiger partial charge >= 0.3 is 0 Å². The maximum atomic E-state index is 5.68. The third-order valence-corrected chi connectivity index (χ3v) is 2.23. The Morgan fingerprint density at radius 2 is 2.00 bits per heavy atom. The van der Waals surface area contributed by atoms with E-state index >= 15 is 0 Å². The smallest absolute Gasteiger partial charge is 0.0375 e. The number of nitrogen functional groups attached to an aromatic ring is 1. The largest absolute Gasteiger partial charge is 0.399 e. The molecule has 1 aromatic rings. The van der Waals surface area contributed by atoms with E-state index in [1.807, 2.05) is 25.2 Å². The molecule has 0 saturated carbocycles. The normalized spacial score (nSPS) is 11.6. The van der Waals surface area contributed by atoms with Crippen molar-refractivity contribution in [3.05, 3.63) is 29.8 Å². The molecule has 0 radical (unpaired) electrons. The first-order valence-electron chi connectivity index (χ1n) is 4.11. The lowest BCUT2D eigenvalue weighted by molar-refractivity contribution is 0.445. The fourth-order valence-electron chi connectivity index (χ4n) is 1.07. The third-order valence-electron chi connectivity index (χ3n) is 2.23. The molecule has 1 rings (SSSR count). The van der Waals surface area contributed by atoms with E-state index in [0.29, 0.717) is 0 Å². The van der Waals surface area contributed by atoms with Gasteiger partial charge in [0.2, 0.25) is 0 Å². The number of nitrogens with one attached hydrogen (secondary N) is 1. The zero-order valence-corrected chi connectivity index (χ0v) is 7.89. The van der Waals surface area contributed by atoms with E-state index in [-0.39, 0.29) is 5.54 Å². The minimum absolute atomic E-state index is 0.00458. The van der Waals surface area contributed by atoms with E-state index < -0.39 is 0 Å². The summed E-state index contributed by atoms with van der Waals surface area (Å²) in [5.41, 5.74) is 7.71. The standard InChI is InChI=1S/C10H16N2/c1-10(2,12-3)8-5-4-6-9(11)7-8/h4-7,12H,11H2,1-3H3. The highest BCUT2D eigenvalue weighted by Crippen LogP contribution is 2.20. The van der Waals surface area contributed by atoms with Crippen molar-refractivity contribution in [2.75, 3.05) is 12.8 Å². The van der Waals surface area contributed by atoms with Crippen molar-refractivity contribution < 1.29 is 0 Å². The molecular formula is C10H16N2. The van der Waals surface area contributed by atoms with Crippen LogP contribution in [0.25, 0.3) is 0 Å². The molecule has 0 spiro atoms. The maximum absolute atomic E-state index is 5.68. The summed E-state index contributed by atoms with van der Waals surface area (Å²) >= 11 is 0. The van der Waals surface area contributed by atoms with Crippen LogP contribution in [0.5, 0.6) is 0 Å². The van der Waals surface area contributed by atoms with Crippen molar-refractivity contribution in [3.63, 3.8) is 0 Å². The zero-order chi connectivity index (χ0) is 9.19. The van der Waals surface area contributed by atoms with Crippen LogP contribution in [-0.2, 0) is 5.54 Å². The second-order valence-corrected chi connectivity index (χ2v) is 3.50. The molecule has 0 aliphatic carbocycles. The predicted octanol–water partition coefficient (Wildman–Crippen LogP) is 1.72. The lowest BCUT2D eigenvalue weighted by Gasteiger charge is -2.24. The molecule has 3 N–H and O–H groups in total. The highest BCUT2D eigenvalue weighted by atomic mass is 14.9. The topological polar surface area (TPSA) is 38.0 Å². The molecular weight excluding hydrogens is 148 g/mol. The molecule has 0 heterocycles.